The SMILES string of the molecule is CCCCOc1ccc(Br)cc1C(=O)NC(=S)NNC(=O)Cc1ccc(OC)cc1. The number of thiocarbonyl (C=S) groups is 1. The average Bonchev–Trinajstić information content (AvgIpc) is 2.74. The number of halogens is 1. The lowest BCUT2D eigenvalue weighted by atomic mass is 10.1. The molecule has 0 fully saturated rings. The molecule has 9 heteroatoms. The Morgan fingerprint density at radius 3 is 2.50 bits per heavy atom. The van der Waals surface area contributed by atoms with E-state index in [2.05, 4.69) is 39.0 Å². The number of nitrogens with one attached hydrogen (secondary N) is 3. The van der Waals surface area contributed by atoms with Gasteiger partial charge >= 0.3 is 0 Å². The quantitative estimate of drug-likeness (QED) is 0.296. The summed E-state index contributed by atoms with van der Waals surface area (Å²) in [6.07, 6.45) is 2.02. The van der Waals surface area contributed by atoms with E-state index in [1.807, 2.05) is 0 Å². The Morgan fingerprint density at radius 2 is 1.83 bits per heavy atom. The van der Waals surface area contributed by atoms with Crippen molar-refractivity contribution in [1.29, 1.82) is 0 Å². The van der Waals surface area contributed by atoms with Gasteiger partial charge in [0.25, 0.3) is 5.91 Å². The van der Waals surface area contributed by atoms with Crippen LogP contribution in [0, 0.1) is 0 Å². The van der Waals surface area contributed by atoms with Crippen molar-refractivity contribution in [3.8, 4) is 11.5 Å². The van der Waals surface area contributed by atoms with E-state index in [1.165, 1.54) is 0 Å². The highest BCUT2D eigenvalue weighted by atomic mass is 79.9. The van der Waals surface area contributed by atoms with E-state index in [1.54, 1.807) is 49.6 Å². The largest absolute Gasteiger partial charge is 0.497 e. The smallest absolute Gasteiger partial charge is 0.261 e. The number of methoxy groups -OCH3 is 1. The summed E-state index contributed by atoms with van der Waals surface area (Å²) in [6.45, 7) is 2.58. The average molecular weight is 494 g/mol. The van der Waals surface area contributed by atoms with Gasteiger partial charge in [0.2, 0.25) is 5.91 Å². The minimum Gasteiger partial charge on any atom is -0.497 e. The van der Waals surface area contributed by atoms with E-state index in [-0.39, 0.29) is 17.4 Å². The topological polar surface area (TPSA) is 88.7 Å². The third kappa shape index (κ3) is 7.64. The van der Waals surface area contributed by atoms with Crippen LogP contribution in [0.5, 0.6) is 11.5 Å². The maximum atomic E-state index is 12.6. The number of rotatable bonds is 8. The summed E-state index contributed by atoms with van der Waals surface area (Å²) in [7, 11) is 1.58. The highest BCUT2D eigenvalue weighted by Gasteiger charge is 2.15. The van der Waals surface area contributed by atoms with Gasteiger partial charge in [0, 0.05) is 4.47 Å². The number of ether oxygens (including phenoxy) is 2. The molecule has 0 spiro atoms. The molecule has 0 atom stereocenters. The highest BCUT2D eigenvalue weighted by Crippen LogP contribution is 2.23. The molecule has 0 radical (unpaired) electrons. The summed E-state index contributed by atoms with van der Waals surface area (Å²) in [5.41, 5.74) is 6.16. The molecule has 0 saturated heterocycles. The molecule has 0 bridgehead atoms. The van der Waals surface area contributed by atoms with Crippen molar-refractivity contribution in [2.45, 2.75) is 26.2 Å². The van der Waals surface area contributed by atoms with E-state index in [0.29, 0.717) is 23.7 Å². The standard InChI is InChI=1S/C21H24BrN3O4S/c1-3-4-11-29-18-10-7-15(22)13-17(18)20(27)23-21(30)25-24-19(26)12-14-5-8-16(28-2)9-6-14/h5-10,13H,3-4,11-12H2,1-2H3,(H,24,26)(H2,23,25,27,30). The first-order chi connectivity index (χ1) is 14.4. The maximum absolute atomic E-state index is 12.6. The first-order valence-electron chi connectivity index (χ1n) is 9.38. The third-order valence-corrected chi connectivity index (χ3v) is 4.71. The number of unbranched alkanes of at least 4 members (excludes halogenated alkanes) is 1. The molecule has 0 heterocycles. The Balaban J connectivity index is 1.87. The van der Waals surface area contributed by atoms with Crippen molar-refractivity contribution in [3.05, 3.63) is 58.1 Å². The van der Waals surface area contributed by atoms with Gasteiger partial charge < -0.3 is 9.47 Å². The Labute approximate surface area is 189 Å². The van der Waals surface area contributed by atoms with Gasteiger partial charge in [0.05, 0.1) is 25.7 Å². The molecule has 3 N–H and O–H groups in total. The summed E-state index contributed by atoms with van der Waals surface area (Å²) in [5, 5.41) is 2.51. The van der Waals surface area contributed by atoms with Crippen LogP contribution < -0.4 is 25.6 Å². The molecular formula is C21H24BrN3O4S. The van der Waals surface area contributed by atoms with E-state index in [0.717, 1.165) is 22.9 Å². The Morgan fingerprint density at radius 1 is 1.10 bits per heavy atom. The van der Waals surface area contributed by atoms with Crippen LogP contribution in [-0.2, 0) is 11.2 Å². The maximum Gasteiger partial charge on any atom is 0.261 e. The van der Waals surface area contributed by atoms with Crippen LogP contribution >= 0.6 is 28.1 Å². The Bertz CT molecular complexity index is 890. The van der Waals surface area contributed by atoms with Crippen LogP contribution in [0.15, 0.2) is 46.9 Å². The number of benzene rings is 2. The molecule has 0 unspecified atom stereocenters. The molecule has 160 valence electrons. The molecule has 30 heavy (non-hydrogen) atoms. The molecule has 0 aliphatic heterocycles. The van der Waals surface area contributed by atoms with Crippen molar-refractivity contribution >= 4 is 45.1 Å². The lowest BCUT2D eigenvalue weighted by Gasteiger charge is -2.14. The zero-order chi connectivity index (χ0) is 21.9. The Hall–Kier alpha value is -2.65. The van der Waals surface area contributed by atoms with Gasteiger partial charge in [-0.15, -0.1) is 0 Å². The van der Waals surface area contributed by atoms with Crippen LogP contribution in [0.3, 0.4) is 0 Å². The number of amides is 2. The third-order valence-electron chi connectivity index (χ3n) is 4.01. The molecule has 2 rings (SSSR count). The Kier molecular flexibility index (Phi) is 9.56. The summed E-state index contributed by atoms with van der Waals surface area (Å²) in [6, 6.07) is 12.3. The monoisotopic (exact) mass is 493 g/mol. The van der Waals surface area contributed by atoms with E-state index >= 15 is 0 Å². The molecule has 2 aromatic rings. The second-order valence-corrected chi connectivity index (χ2v) is 7.65. The second-order valence-electron chi connectivity index (χ2n) is 6.32. The minimum absolute atomic E-state index is 0.0254. The van der Waals surface area contributed by atoms with Gasteiger partial charge in [-0.3, -0.25) is 25.8 Å². The van der Waals surface area contributed by atoms with Crippen molar-refractivity contribution in [1.82, 2.24) is 16.2 Å². The van der Waals surface area contributed by atoms with Crippen molar-refractivity contribution in [3.63, 3.8) is 0 Å². The fourth-order valence-corrected chi connectivity index (χ4v) is 2.94. The lowest BCUT2D eigenvalue weighted by Crippen LogP contribution is -2.48. The molecule has 7 nitrogen and oxygen atoms in total. The van der Waals surface area contributed by atoms with Crippen LogP contribution in [0.2, 0.25) is 0 Å². The zero-order valence-electron chi connectivity index (χ0n) is 16.8. The van der Waals surface area contributed by atoms with Crippen molar-refractivity contribution in [2.24, 2.45) is 0 Å². The fourth-order valence-electron chi connectivity index (χ4n) is 2.43. The molecule has 0 aliphatic carbocycles. The van der Waals surface area contributed by atoms with Gasteiger partial charge in [-0.1, -0.05) is 41.4 Å². The molecule has 2 amide bonds. The van der Waals surface area contributed by atoms with Gasteiger partial charge in [-0.2, -0.15) is 0 Å². The number of carbonyl (C=O) groups is 2. The van der Waals surface area contributed by atoms with Crippen LogP contribution in [0.4, 0.5) is 0 Å². The lowest BCUT2D eigenvalue weighted by molar-refractivity contribution is -0.121. The van der Waals surface area contributed by atoms with Crippen LogP contribution in [0.25, 0.3) is 0 Å². The predicted molar refractivity (Wildman–Crippen MR) is 123 cm³/mol. The van der Waals surface area contributed by atoms with Gasteiger partial charge in [0.15, 0.2) is 5.11 Å². The normalized spacial score (nSPS) is 10.1. The van der Waals surface area contributed by atoms with Crippen LogP contribution in [0.1, 0.15) is 35.7 Å². The van der Waals surface area contributed by atoms with Crippen LogP contribution in [-0.4, -0.2) is 30.6 Å². The first kappa shape index (κ1) is 23.6. The highest BCUT2D eigenvalue weighted by molar-refractivity contribution is 9.10. The fraction of sp³-hybridized carbons (Fsp3) is 0.286. The molecule has 2 aromatic carbocycles. The molecule has 0 aliphatic rings. The van der Waals surface area contributed by atoms with Crippen molar-refractivity contribution < 1.29 is 19.1 Å². The molecule has 0 aromatic heterocycles. The second kappa shape index (κ2) is 12.1. The van der Waals surface area contributed by atoms with E-state index in [4.69, 9.17) is 21.7 Å². The van der Waals surface area contributed by atoms with E-state index in [9.17, 15) is 9.59 Å². The summed E-state index contributed by atoms with van der Waals surface area (Å²) >= 11 is 8.46. The number of hydrogen-bond acceptors (Lipinski definition) is 5. The minimum atomic E-state index is -0.440. The first-order valence-corrected chi connectivity index (χ1v) is 10.6. The predicted octanol–water partition coefficient (Wildman–Crippen LogP) is 3.51. The van der Waals surface area contributed by atoms with E-state index < -0.39 is 5.91 Å². The number of hydrazine groups is 1. The molecular weight excluding hydrogens is 470 g/mol. The van der Waals surface area contributed by atoms with Gasteiger partial charge in [-0.05, 0) is 54.5 Å². The summed E-state index contributed by atoms with van der Waals surface area (Å²) < 4.78 is 11.5. The summed E-state index contributed by atoms with van der Waals surface area (Å²) in [4.78, 5) is 24.7. The number of hydrogen-bond donors (Lipinski definition) is 3. The summed E-state index contributed by atoms with van der Waals surface area (Å²) in [5.74, 6) is 0.440. The number of carbonyl (C=O) groups excluding carboxylic acids is 2. The zero-order valence-corrected chi connectivity index (χ0v) is 19.2. The molecule has 0 saturated carbocycles. The van der Waals surface area contributed by atoms with Crippen molar-refractivity contribution in [2.75, 3.05) is 13.7 Å². The van der Waals surface area contributed by atoms with Gasteiger partial charge in [0.1, 0.15) is 11.5 Å². The van der Waals surface area contributed by atoms with Gasteiger partial charge in [-0.25, -0.2) is 0 Å².